The van der Waals surface area contributed by atoms with Crippen LogP contribution in [0.25, 0.3) is 5.57 Å². The molecule has 0 heterocycles. The molecule has 1 fully saturated rings. The fourth-order valence-corrected chi connectivity index (χ4v) is 1.70. The summed E-state index contributed by atoms with van der Waals surface area (Å²) >= 11 is 0. The standard InChI is InChI=1S/C15H20N2O/c1-11(13-6-4-3-5-7-13)10-16-12(2)15(18)17-14-8-9-14/h3-7,12,14,16H,1,8-10H2,2H3,(H,17,18). The summed E-state index contributed by atoms with van der Waals surface area (Å²) in [4.78, 5) is 11.7. The SMILES string of the molecule is C=C(CNC(C)C(=O)NC1CC1)c1ccccc1. The van der Waals surface area contributed by atoms with Gasteiger partial charge in [-0.3, -0.25) is 4.79 Å². The minimum Gasteiger partial charge on any atom is -0.352 e. The Labute approximate surface area is 108 Å². The lowest BCUT2D eigenvalue weighted by molar-refractivity contribution is -0.122. The van der Waals surface area contributed by atoms with Gasteiger partial charge in [0.25, 0.3) is 0 Å². The number of hydrogen-bond acceptors (Lipinski definition) is 2. The average Bonchev–Trinajstić information content (AvgIpc) is 3.20. The molecule has 2 N–H and O–H groups in total. The highest BCUT2D eigenvalue weighted by atomic mass is 16.2. The van der Waals surface area contributed by atoms with E-state index < -0.39 is 0 Å². The number of hydrogen-bond donors (Lipinski definition) is 2. The molecule has 1 atom stereocenters. The lowest BCUT2D eigenvalue weighted by atomic mass is 10.1. The largest absolute Gasteiger partial charge is 0.352 e. The normalized spacial score (nSPS) is 16.1. The molecule has 2 rings (SSSR count). The van der Waals surface area contributed by atoms with E-state index in [9.17, 15) is 4.79 Å². The molecule has 0 saturated heterocycles. The number of carbonyl (C=O) groups excluding carboxylic acids is 1. The quantitative estimate of drug-likeness (QED) is 0.803. The van der Waals surface area contributed by atoms with Gasteiger partial charge in [0.15, 0.2) is 0 Å². The Bertz CT molecular complexity index is 423. The van der Waals surface area contributed by atoms with Gasteiger partial charge < -0.3 is 10.6 Å². The molecule has 1 unspecified atom stereocenters. The van der Waals surface area contributed by atoms with E-state index in [1.807, 2.05) is 37.3 Å². The van der Waals surface area contributed by atoms with Crippen molar-refractivity contribution < 1.29 is 4.79 Å². The zero-order valence-electron chi connectivity index (χ0n) is 10.8. The van der Waals surface area contributed by atoms with Crippen molar-refractivity contribution in [1.29, 1.82) is 0 Å². The van der Waals surface area contributed by atoms with Crippen LogP contribution in [0.3, 0.4) is 0 Å². The molecule has 3 heteroatoms. The van der Waals surface area contributed by atoms with Crippen molar-refractivity contribution >= 4 is 11.5 Å². The van der Waals surface area contributed by atoms with Gasteiger partial charge in [-0.15, -0.1) is 0 Å². The van der Waals surface area contributed by atoms with Gasteiger partial charge in [0, 0.05) is 12.6 Å². The van der Waals surface area contributed by atoms with Gasteiger partial charge in [0.05, 0.1) is 6.04 Å². The Balaban J connectivity index is 1.76. The lowest BCUT2D eigenvalue weighted by Crippen LogP contribution is -2.43. The summed E-state index contributed by atoms with van der Waals surface area (Å²) in [6.45, 7) is 6.55. The molecule has 1 amide bonds. The van der Waals surface area contributed by atoms with Gasteiger partial charge in [-0.05, 0) is 30.9 Å². The third-order valence-corrected chi connectivity index (χ3v) is 3.12. The Morgan fingerprint density at radius 3 is 2.67 bits per heavy atom. The molecule has 1 aromatic carbocycles. The first-order valence-corrected chi connectivity index (χ1v) is 6.44. The van der Waals surface area contributed by atoms with Crippen LogP contribution in [0.4, 0.5) is 0 Å². The number of rotatable bonds is 6. The molecular formula is C15H20N2O. The zero-order valence-corrected chi connectivity index (χ0v) is 10.8. The van der Waals surface area contributed by atoms with Crippen molar-refractivity contribution in [3.63, 3.8) is 0 Å². The first-order valence-electron chi connectivity index (χ1n) is 6.44. The number of nitrogens with one attached hydrogen (secondary N) is 2. The number of amides is 1. The smallest absolute Gasteiger partial charge is 0.237 e. The highest BCUT2D eigenvalue weighted by Crippen LogP contribution is 2.18. The summed E-state index contributed by atoms with van der Waals surface area (Å²) in [5.41, 5.74) is 2.11. The van der Waals surface area contributed by atoms with Gasteiger partial charge in [-0.1, -0.05) is 36.9 Å². The predicted molar refractivity (Wildman–Crippen MR) is 74.1 cm³/mol. The van der Waals surface area contributed by atoms with Crippen molar-refractivity contribution in [3.05, 3.63) is 42.5 Å². The molecule has 0 aliphatic heterocycles. The maximum absolute atomic E-state index is 11.7. The topological polar surface area (TPSA) is 41.1 Å². The zero-order chi connectivity index (χ0) is 13.0. The van der Waals surface area contributed by atoms with Gasteiger partial charge >= 0.3 is 0 Å². The molecular weight excluding hydrogens is 224 g/mol. The third-order valence-electron chi connectivity index (χ3n) is 3.12. The van der Waals surface area contributed by atoms with Crippen LogP contribution >= 0.6 is 0 Å². The van der Waals surface area contributed by atoms with Crippen LogP contribution in [0.15, 0.2) is 36.9 Å². The van der Waals surface area contributed by atoms with E-state index in [1.165, 1.54) is 0 Å². The Kier molecular flexibility index (Phi) is 4.15. The second kappa shape index (κ2) is 5.83. The summed E-state index contributed by atoms with van der Waals surface area (Å²) in [6, 6.07) is 10.3. The van der Waals surface area contributed by atoms with Crippen LogP contribution in [-0.2, 0) is 4.79 Å². The molecule has 3 nitrogen and oxygen atoms in total. The van der Waals surface area contributed by atoms with E-state index in [-0.39, 0.29) is 11.9 Å². The fraction of sp³-hybridized carbons (Fsp3) is 0.400. The molecule has 0 aromatic heterocycles. The monoisotopic (exact) mass is 244 g/mol. The van der Waals surface area contributed by atoms with Crippen molar-refractivity contribution in [2.45, 2.75) is 31.8 Å². The molecule has 1 aromatic rings. The van der Waals surface area contributed by atoms with Crippen molar-refractivity contribution in [2.24, 2.45) is 0 Å². The third kappa shape index (κ3) is 3.70. The van der Waals surface area contributed by atoms with Crippen molar-refractivity contribution in [2.75, 3.05) is 6.54 Å². The summed E-state index contributed by atoms with van der Waals surface area (Å²) in [5, 5.41) is 6.19. The van der Waals surface area contributed by atoms with Crippen LogP contribution in [0.1, 0.15) is 25.3 Å². The van der Waals surface area contributed by atoms with Crippen molar-refractivity contribution in [1.82, 2.24) is 10.6 Å². The average molecular weight is 244 g/mol. The minimum absolute atomic E-state index is 0.0818. The van der Waals surface area contributed by atoms with Crippen LogP contribution in [0, 0.1) is 0 Å². The first-order chi connectivity index (χ1) is 8.66. The van der Waals surface area contributed by atoms with Crippen LogP contribution in [0.5, 0.6) is 0 Å². The molecule has 96 valence electrons. The van der Waals surface area contributed by atoms with Gasteiger partial charge in [-0.2, -0.15) is 0 Å². The molecule has 0 spiro atoms. The molecule has 0 radical (unpaired) electrons. The van der Waals surface area contributed by atoms with E-state index >= 15 is 0 Å². The van der Waals surface area contributed by atoms with Crippen molar-refractivity contribution in [3.8, 4) is 0 Å². The molecule has 0 bridgehead atoms. The Morgan fingerprint density at radius 2 is 2.06 bits per heavy atom. The van der Waals surface area contributed by atoms with E-state index in [4.69, 9.17) is 0 Å². The predicted octanol–water partition coefficient (Wildman–Crippen LogP) is 1.96. The van der Waals surface area contributed by atoms with Crippen LogP contribution < -0.4 is 10.6 Å². The maximum atomic E-state index is 11.7. The van der Waals surface area contributed by atoms with E-state index in [2.05, 4.69) is 17.2 Å². The summed E-state index contributed by atoms with van der Waals surface area (Å²) in [6.07, 6.45) is 2.24. The van der Waals surface area contributed by atoms with Gasteiger partial charge in [0.2, 0.25) is 5.91 Å². The maximum Gasteiger partial charge on any atom is 0.237 e. The van der Waals surface area contributed by atoms with E-state index in [0.29, 0.717) is 12.6 Å². The Morgan fingerprint density at radius 1 is 1.39 bits per heavy atom. The second-order valence-electron chi connectivity index (χ2n) is 4.86. The number of benzene rings is 1. The minimum atomic E-state index is -0.175. The second-order valence-corrected chi connectivity index (χ2v) is 4.86. The summed E-state index contributed by atoms with van der Waals surface area (Å²) in [5.74, 6) is 0.0818. The Hall–Kier alpha value is -1.61. The molecule has 1 aliphatic carbocycles. The lowest BCUT2D eigenvalue weighted by Gasteiger charge is -2.15. The highest BCUT2D eigenvalue weighted by Gasteiger charge is 2.25. The molecule has 1 saturated carbocycles. The fourth-order valence-electron chi connectivity index (χ4n) is 1.70. The van der Waals surface area contributed by atoms with Crippen LogP contribution in [-0.4, -0.2) is 24.5 Å². The summed E-state index contributed by atoms with van der Waals surface area (Å²) in [7, 11) is 0. The number of carbonyl (C=O) groups is 1. The molecule has 1 aliphatic rings. The van der Waals surface area contributed by atoms with Crippen LogP contribution in [0.2, 0.25) is 0 Å². The first kappa shape index (κ1) is 12.8. The molecule has 18 heavy (non-hydrogen) atoms. The van der Waals surface area contributed by atoms with E-state index in [0.717, 1.165) is 24.0 Å². The van der Waals surface area contributed by atoms with Gasteiger partial charge in [-0.25, -0.2) is 0 Å². The van der Waals surface area contributed by atoms with E-state index in [1.54, 1.807) is 0 Å². The highest BCUT2D eigenvalue weighted by molar-refractivity contribution is 5.82. The van der Waals surface area contributed by atoms with Gasteiger partial charge in [0.1, 0.15) is 0 Å². The summed E-state index contributed by atoms with van der Waals surface area (Å²) < 4.78 is 0.